The largest absolute Gasteiger partial charge is 0.497 e. The first-order valence-electron chi connectivity index (χ1n) is 9.28. The van der Waals surface area contributed by atoms with Crippen LogP contribution in [0.5, 0.6) is 11.5 Å². The van der Waals surface area contributed by atoms with Gasteiger partial charge in [0.05, 0.1) is 26.4 Å². The number of piperidine rings is 1. The molecule has 2 heterocycles. The quantitative estimate of drug-likeness (QED) is 0.802. The summed E-state index contributed by atoms with van der Waals surface area (Å²) < 4.78 is 11.1. The topological polar surface area (TPSA) is 57.2 Å². The van der Waals surface area contributed by atoms with Crippen molar-refractivity contribution < 1.29 is 14.6 Å². The molecule has 25 heavy (non-hydrogen) atoms. The van der Waals surface area contributed by atoms with Crippen LogP contribution in [0.1, 0.15) is 24.4 Å². The van der Waals surface area contributed by atoms with E-state index in [1.165, 1.54) is 5.56 Å². The van der Waals surface area contributed by atoms with Crippen LogP contribution < -0.4 is 14.8 Å². The van der Waals surface area contributed by atoms with Gasteiger partial charge in [0, 0.05) is 51.4 Å². The molecule has 1 aromatic rings. The van der Waals surface area contributed by atoms with E-state index in [-0.39, 0.29) is 12.1 Å². The number of methoxy groups -OCH3 is 2. The van der Waals surface area contributed by atoms with Gasteiger partial charge < -0.3 is 24.8 Å². The second-order valence-electron chi connectivity index (χ2n) is 6.94. The van der Waals surface area contributed by atoms with Crippen molar-refractivity contribution in [3.63, 3.8) is 0 Å². The zero-order chi connectivity index (χ0) is 17.6. The Morgan fingerprint density at radius 2 is 1.84 bits per heavy atom. The second kappa shape index (κ2) is 8.85. The van der Waals surface area contributed by atoms with E-state index in [0.29, 0.717) is 0 Å². The summed E-state index contributed by atoms with van der Waals surface area (Å²) in [7, 11) is 3.44. The maximum Gasteiger partial charge on any atom is 0.123 e. The molecule has 6 heteroatoms. The molecule has 0 saturated carbocycles. The van der Waals surface area contributed by atoms with Crippen molar-refractivity contribution in [1.29, 1.82) is 0 Å². The Labute approximate surface area is 150 Å². The molecule has 2 aliphatic rings. The molecule has 0 amide bonds. The zero-order valence-electron chi connectivity index (χ0n) is 15.4. The molecule has 0 aromatic heterocycles. The predicted octanol–water partition coefficient (Wildman–Crippen LogP) is 1.11. The number of rotatable bonds is 6. The Morgan fingerprint density at radius 3 is 2.48 bits per heavy atom. The fourth-order valence-corrected chi connectivity index (χ4v) is 3.85. The molecule has 1 atom stereocenters. The van der Waals surface area contributed by atoms with Gasteiger partial charge in [-0.25, -0.2) is 0 Å². The van der Waals surface area contributed by atoms with Gasteiger partial charge in [-0.15, -0.1) is 0 Å². The van der Waals surface area contributed by atoms with Gasteiger partial charge in [-0.1, -0.05) is 0 Å². The van der Waals surface area contributed by atoms with E-state index in [1.54, 1.807) is 14.2 Å². The van der Waals surface area contributed by atoms with Crippen LogP contribution in [0.2, 0.25) is 0 Å². The van der Waals surface area contributed by atoms with Crippen molar-refractivity contribution in [2.75, 3.05) is 60.0 Å². The SMILES string of the molecule is COc1ccc(OC)c(C(CN2CCC(O)CC2)N2CCNCC2)c1. The minimum absolute atomic E-state index is 0.139. The Balaban J connectivity index is 1.85. The van der Waals surface area contributed by atoms with Crippen LogP contribution in [0.3, 0.4) is 0 Å². The molecule has 6 nitrogen and oxygen atoms in total. The standard InChI is InChI=1S/C19H31N3O3/c1-24-16-3-4-19(25-2)17(13-16)18(22-11-7-20-8-12-22)14-21-9-5-15(23)6-10-21/h3-4,13,15,18,20,23H,5-12,14H2,1-2H3. The summed E-state index contributed by atoms with van der Waals surface area (Å²) in [5, 5.41) is 13.2. The van der Waals surface area contributed by atoms with E-state index in [9.17, 15) is 5.11 Å². The van der Waals surface area contributed by atoms with Gasteiger partial charge >= 0.3 is 0 Å². The van der Waals surface area contributed by atoms with E-state index in [0.717, 1.165) is 70.2 Å². The summed E-state index contributed by atoms with van der Waals surface area (Å²) in [6.07, 6.45) is 1.59. The molecule has 2 saturated heterocycles. The van der Waals surface area contributed by atoms with Crippen LogP contribution in [-0.4, -0.2) is 81.0 Å². The number of piperazine rings is 1. The molecule has 3 rings (SSSR count). The van der Waals surface area contributed by atoms with E-state index >= 15 is 0 Å². The van der Waals surface area contributed by atoms with Gasteiger partial charge in [0.1, 0.15) is 11.5 Å². The van der Waals surface area contributed by atoms with E-state index in [2.05, 4.69) is 21.2 Å². The van der Waals surface area contributed by atoms with Crippen molar-refractivity contribution in [2.24, 2.45) is 0 Å². The Hall–Kier alpha value is -1.34. The number of nitrogens with one attached hydrogen (secondary N) is 1. The highest BCUT2D eigenvalue weighted by Gasteiger charge is 2.29. The van der Waals surface area contributed by atoms with Gasteiger partial charge in [-0.3, -0.25) is 4.90 Å². The summed E-state index contributed by atoms with van der Waals surface area (Å²) >= 11 is 0. The maximum atomic E-state index is 9.80. The molecule has 1 aromatic carbocycles. The lowest BCUT2D eigenvalue weighted by molar-refractivity contribution is 0.0583. The van der Waals surface area contributed by atoms with Crippen molar-refractivity contribution in [1.82, 2.24) is 15.1 Å². The molecule has 0 radical (unpaired) electrons. The molecule has 0 bridgehead atoms. The Bertz CT molecular complexity index is 541. The van der Waals surface area contributed by atoms with Gasteiger partial charge in [-0.2, -0.15) is 0 Å². The molecule has 0 aliphatic carbocycles. The first-order chi connectivity index (χ1) is 12.2. The van der Waals surface area contributed by atoms with Crippen LogP contribution in [-0.2, 0) is 0 Å². The van der Waals surface area contributed by atoms with E-state index in [1.807, 2.05) is 12.1 Å². The average Bonchev–Trinajstić information content (AvgIpc) is 2.67. The fourth-order valence-electron chi connectivity index (χ4n) is 3.85. The molecular weight excluding hydrogens is 318 g/mol. The van der Waals surface area contributed by atoms with Gasteiger partial charge in [0.15, 0.2) is 0 Å². The summed E-state index contributed by atoms with van der Waals surface area (Å²) in [4.78, 5) is 5.01. The molecule has 140 valence electrons. The lowest BCUT2D eigenvalue weighted by Crippen LogP contribution is -2.49. The molecule has 0 spiro atoms. The smallest absolute Gasteiger partial charge is 0.123 e. The Morgan fingerprint density at radius 1 is 1.12 bits per heavy atom. The minimum Gasteiger partial charge on any atom is -0.497 e. The number of benzene rings is 1. The van der Waals surface area contributed by atoms with Crippen LogP contribution in [0.15, 0.2) is 18.2 Å². The predicted molar refractivity (Wildman–Crippen MR) is 98.4 cm³/mol. The van der Waals surface area contributed by atoms with E-state index < -0.39 is 0 Å². The minimum atomic E-state index is -0.139. The molecule has 2 aliphatic heterocycles. The number of hydrogen-bond donors (Lipinski definition) is 2. The number of hydrogen-bond acceptors (Lipinski definition) is 6. The third kappa shape index (κ3) is 4.64. The third-order valence-corrected chi connectivity index (χ3v) is 5.38. The highest BCUT2D eigenvalue weighted by Crippen LogP contribution is 2.34. The maximum absolute atomic E-state index is 9.80. The molecule has 1 unspecified atom stereocenters. The Kier molecular flexibility index (Phi) is 6.53. The summed E-state index contributed by atoms with van der Waals surface area (Å²) in [6.45, 7) is 6.95. The molecule has 2 N–H and O–H groups in total. The number of ether oxygens (including phenoxy) is 2. The van der Waals surface area contributed by atoms with Crippen LogP contribution >= 0.6 is 0 Å². The van der Waals surface area contributed by atoms with Crippen LogP contribution in [0.4, 0.5) is 0 Å². The van der Waals surface area contributed by atoms with Crippen molar-refractivity contribution in [3.05, 3.63) is 23.8 Å². The second-order valence-corrected chi connectivity index (χ2v) is 6.94. The number of likely N-dealkylation sites (tertiary alicyclic amines) is 1. The van der Waals surface area contributed by atoms with Crippen molar-refractivity contribution in [2.45, 2.75) is 25.0 Å². The highest BCUT2D eigenvalue weighted by atomic mass is 16.5. The summed E-state index contributed by atoms with van der Waals surface area (Å²) in [5.41, 5.74) is 1.19. The third-order valence-electron chi connectivity index (χ3n) is 5.38. The number of aliphatic hydroxyl groups excluding tert-OH is 1. The van der Waals surface area contributed by atoms with Crippen molar-refractivity contribution >= 4 is 0 Å². The highest BCUT2D eigenvalue weighted by molar-refractivity contribution is 5.42. The van der Waals surface area contributed by atoms with Crippen molar-refractivity contribution in [3.8, 4) is 11.5 Å². The average molecular weight is 349 g/mol. The van der Waals surface area contributed by atoms with Gasteiger partial charge in [0.25, 0.3) is 0 Å². The summed E-state index contributed by atoms with van der Waals surface area (Å²) in [5.74, 6) is 1.78. The van der Waals surface area contributed by atoms with Gasteiger partial charge in [-0.05, 0) is 31.0 Å². The lowest BCUT2D eigenvalue weighted by atomic mass is 10.00. The van der Waals surface area contributed by atoms with E-state index in [4.69, 9.17) is 9.47 Å². The van der Waals surface area contributed by atoms with Crippen LogP contribution in [0, 0.1) is 0 Å². The number of nitrogens with zero attached hydrogens (tertiary/aromatic N) is 2. The molecular formula is C19H31N3O3. The lowest BCUT2D eigenvalue weighted by Gasteiger charge is -2.40. The molecule has 2 fully saturated rings. The normalized spacial score (nSPS) is 21.9. The summed E-state index contributed by atoms with van der Waals surface area (Å²) in [6, 6.07) is 6.34. The first kappa shape index (κ1) is 18.5. The zero-order valence-corrected chi connectivity index (χ0v) is 15.4. The number of aliphatic hydroxyl groups is 1. The van der Waals surface area contributed by atoms with Gasteiger partial charge in [0.2, 0.25) is 0 Å². The fraction of sp³-hybridized carbons (Fsp3) is 0.684. The van der Waals surface area contributed by atoms with Crippen LogP contribution in [0.25, 0.3) is 0 Å². The monoisotopic (exact) mass is 349 g/mol. The first-order valence-corrected chi connectivity index (χ1v) is 9.28.